The number of carbonyl (C=O) groups is 3. The van der Waals surface area contributed by atoms with Crippen LogP contribution in [0.5, 0.6) is 0 Å². The van der Waals surface area contributed by atoms with E-state index >= 15 is 0 Å². The first kappa shape index (κ1) is 33.8. The van der Waals surface area contributed by atoms with Crippen LogP contribution in [0.2, 0.25) is 0 Å². The molecule has 0 aliphatic heterocycles. The minimum absolute atomic E-state index is 0.00677. The molecule has 10 nitrogen and oxygen atoms in total. The van der Waals surface area contributed by atoms with Crippen molar-refractivity contribution in [2.75, 3.05) is 31.3 Å². The molecule has 0 unspecified atom stereocenters. The Labute approximate surface area is 275 Å². The van der Waals surface area contributed by atoms with Crippen LogP contribution in [0.15, 0.2) is 65.1 Å². The molecule has 0 spiro atoms. The first-order valence-electron chi connectivity index (χ1n) is 15.8. The van der Waals surface area contributed by atoms with Crippen LogP contribution in [0.3, 0.4) is 0 Å². The number of pyridine rings is 1. The van der Waals surface area contributed by atoms with Crippen molar-refractivity contribution in [3.05, 3.63) is 82.9 Å². The van der Waals surface area contributed by atoms with Gasteiger partial charge in [0.1, 0.15) is 17.4 Å². The predicted octanol–water partition coefficient (Wildman–Crippen LogP) is 6.14. The van der Waals surface area contributed by atoms with Crippen LogP contribution >= 0.6 is 0 Å². The van der Waals surface area contributed by atoms with E-state index in [2.05, 4.69) is 5.32 Å². The summed E-state index contributed by atoms with van der Waals surface area (Å²) in [5.41, 5.74) is 3.75. The number of ketones is 1. The maximum atomic E-state index is 13.2. The molecule has 47 heavy (non-hydrogen) atoms. The highest BCUT2D eigenvalue weighted by atomic mass is 32.2. The summed E-state index contributed by atoms with van der Waals surface area (Å²) in [5.74, 6) is -1.27. The Morgan fingerprint density at radius 1 is 1.09 bits per heavy atom. The summed E-state index contributed by atoms with van der Waals surface area (Å²) in [6.07, 6.45) is 3.68. The number of amides is 1. The molecular weight excluding hydrogens is 618 g/mol. The minimum atomic E-state index is -3.78. The Hall–Kier alpha value is -4.51. The molecule has 0 radical (unpaired) electrons. The molecule has 1 N–H and O–H groups in total. The SMILES string of the molecule is CNC(=O)c1c(-c2ccc(C)cc2)oc2nc(N(CCC[C@@H](C)C(=O)C[C@@H](C(=O)OC)c3ccccc3)S(C)(=O)=O)c(C3CC3)cc12. The van der Waals surface area contributed by atoms with Gasteiger partial charge in [-0.3, -0.25) is 18.7 Å². The van der Waals surface area contributed by atoms with E-state index in [-0.39, 0.29) is 42.1 Å². The van der Waals surface area contributed by atoms with Crippen molar-refractivity contribution >= 4 is 44.6 Å². The van der Waals surface area contributed by atoms with E-state index in [1.807, 2.05) is 55.5 Å². The van der Waals surface area contributed by atoms with Gasteiger partial charge < -0.3 is 14.5 Å². The smallest absolute Gasteiger partial charge is 0.313 e. The number of carbonyl (C=O) groups excluding carboxylic acids is 3. The lowest BCUT2D eigenvalue weighted by atomic mass is 9.88. The average molecular weight is 660 g/mol. The molecule has 2 atom stereocenters. The Balaban J connectivity index is 1.42. The number of furan rings is 1. The number of aryl methyl sites for hydroxylation is 1. The maximum absolute atomic E-state index is 13.2. The summed E-state index contributed by atoms with van der Waals surface area (Å²) in [6.45, 7) is 3.86. The molecule has 1 fully saturated rings. The zero-order valence-corrected chi connectivity index (χ0v) is 28.2. The van der Waals surface area contributed by atoms with E-state index in [0.29, 0.717) is 40.7 Å². The second kappa shape index (κ2) is 14.1. The third-order valence-electron chi connectivity index (χ3n) is 8.75. The van der Waals surface area contributed by atoms with Crippen molar-refractivity contribution in [1.29, 1.82) is 0 Å². The maximum Gasteiger partial charge on any atom is 0.313 e. The van der Waals surface area contributed by atoms with Gasteiger partial charge in [-0.1, -0.05) is 67.1 Å². The van der Waals surface area contributed by atoms with E-state index in [1.165, 1.54) is 11.4 Å². The van der Waals surface area contributed by atoms with Gasteiger partial charge in [0, 0.05) is 31.5 Å². The third-order valence-corrected chi connectivity index (χ3v) is 9.91. The largest absolute Gasteiger partial charge is 0.469 e. The average Bonchev–Trinajstić information content (AvgIpc) is 3.84. The van der Waals surface area contributed by atoms with Crippen molar-refractivity contribution in [2.45, 2.75) is 57.8 Å². The Morgan fingerprint density at radius 2 is 1.77 bits per heavy atom. The number of ether oxygens (including phenoxy) is 1. The standard InChI is InChI=1S/C36H41N3O7S/c1-22-13-15-26(16-14-22)32-31(34(41)37-3)29-20-27(25-17-18-25)33(38-35(29)46-32)39(47(5,43)44)19-9-10-23(2)30(40)21-28(36(42)45-4)24-11-7-6-8-12-24/h6-8,11-16,20,23,25,28H,9-10,17-19,21H2,1-5H3,(H,37,41)/t23-,28-/m1/s1. The number of methoxy groups -OCH3 is 1. The lowest BCUT2D eigenvalue weighted by Crippen LogP contribution is -2.33. The van der Waals surface area contributed by atoms with Gasteiger partial charge in [0.05, 0.1) is 30.2 Å². The number of nitrogens with zero attached hydrogens (tertiary/aromatic N) is 2. The molecule has 1 aliphatic carbocycles. The number of fused-ring (bicyclic) bond motifs is 1. The van der Waals surface area contributed by atoms with E-state index in [9.17, 15) is 22.8 Å². The van der Waals surface area contributed by atoms with Crippen LogP contribution in [0.4, 0.5) is 5.82 Å². The fraction of sp³-hybridized carbons (Fsp3) is 0.389. The summed E-state index contributed by atoms with van der Waals surface area (Å²) in [7, 11) is -0.922. The number of anilines is 1. The van der Waals surface area contributed by atoms with Gasteiger partial charge in [0.15, 0.2) is 0 Å². The van der Waals surface area contributed by atoms with Gasteiger partial charge >= 0.3 is 5.97 Å². The highest BCUT2D eigenvalue weighted by Crippen LogP contribution is 2.47. The van der Waals surface area contributed by atoms with Crippen LogP contribution < -0.4 is 9.62 Å². The molecule has 2 heterocycles. The first-order chi connectivity index (χ1) is 22.4. The Bertz CT molecular complexity index is 1880. The predicted molar refractivity (Wildman–Crippen MR) is 181 cm³/mol. The van der Waals surface area contributed by atoms with Crippen LogP contribution in [0, 0.1) is 12.8 Å². The van der Waals surface area contributed by atoms with Crippen molar-refractivity contribution in [1.82, 2.24) is 10.3 Å². The minimum Gasteiger partial charge on any atom is -0.469 e. The second-order valence-electron chi connectivity index (χ2n) is 12.3. The highest BCUT2D eigenvalue weighted by molar-refractivity contribution is 7.92. The lowest BCUT2D eigenvalue weighted by molar-refractivity contribution is -0.144. The molecule has 1 amide bonds. The number of hydrogen-bond acceptors (Lipinski definition) is 8. The van der Waals surface area contributed by atoms with Gasteiger partial charge in [-0.15, -0.1) is 0 Å². The molecule has 1 saturated carbocycles. The van der Waals surface area contributed by atoms with E-state index in [1.54, 1.807) is 26.1 Å². The van der Waals surface area contributed by atoms with Crippen molar-refractivity contribution in [2.24, 2.45) is 5.92 Å². The quantitative estimate of drug-likeness (QED) is 0.160. The number of hydrogen-bond donors (Lipinski definition) is 1. The zero-order valence-electron chi connectivity index (χ0n) is 27.4. The number of rotatable bonds is 14. The monoisotopic (exact) mass is 659 g/mol. The molecule has 4 aromatic rings. The summed E-state index contributed by atoms with van der Waals surface area (Å²) in [6, 6.07) is 18.5. The van der Waals surface area contributed by atoms with Crippen LogP contribution in [-0.4, -0.2) is 58.0 Å². The highest BCUT2D eigenvalue weighted by Gasteiger charge is 2.34. The van der Waals surface area contributed by atoms with E-state index in [4.69, 9.17) is 14.1 Å². The first-order valence-corrected chi connectivity index (χ1v) is 17.7. The Morgan fingerprint density at radius 3 is 2.36 bits per heavy atom. The van der Waals surface area contributed by atoms with Crippen LogP contribution in [0.1, 0.15) is 77.9 Å². The molecule has 248 valence electrons. The number of Topliss-reactive ketones (excluding diaryl/α,β-unsaturated/α-hetero) is 1. The second-order valence-corrected chi connectivity index (χ2v) is 14.2. The molecule has 2 aromatic carbocycles. The van der Waals surface area contributed by atoms with E-state index in [0.717, 1.165) is 30.2 Å². The number of nitrogens with one attached hydrogen (secondary N) is 1. The van der Waals surface area contributed by atoms with E-state index < -0.39 is 27.8 Å². The lowest BCUT2D eigenvalue weighted by Gasteiger charge is -2.24. The number of aromatic nitrogens is 1. The third kappa shape index (κ3) is 7.56. The number of sulfonamides is 1. The van der Waals surface area contributed by atoms with Gasteiger partial charge in [-0.05, 0) is 55.7 Å². The summed E-state index contributed by atoms with van der Waals surface area (Å²) in [4.78, 5) is 43.6. The normalized spacial score (nSPS) is 14.4. The van der Waals surface area contributed by atoms with Crippen LogP contribution in [0.25, 0.3) is 22.4 Å². The van der Waals surface area contributed by atoms with Gasteiger partial charge in [-0.25, -0.2) is 8.42 Å². The summed E-state index contributed by atoms with van der Waals surface area (Å²) in [5, 5.41) is 3.22. The summed E-state index contributed by atoms with van der Waals surface area (Å²) >= 11 is 0. The molecule has 2 aromatic heterocycles. The zero-order chi connectivity index (χ0) is 33.9. The fourth-order valence-electron chi connectivity index (χ4n) is 5.88. The van der Waals surface area contributed by atoms with Crippen LogP contribution in [-0.2, 0) is 24.3 Å². The summed E-state index contributed by atoms with van der Waals surface area (Å²) < 4.78 is 38.9. The number of esters is 1. The molecule has 0 saturated heterocycles. The molecular formula is C36H41N3O7S. The van der Waals surface area contributed by atoms with Crippen molar-refractivity contribution in [3.8, 4) is 11.3 Å². The molecule has 11 heteroatoms. The van der Waals surface area contributed by atoms with Crippen molar-refractivity contribution in [3.63, 3.8) is 0 Å². The molecule has 0 bridgehead atoms. The molecule has 5 rings (SSSR count). The topological polar surface area (TPSA) is 136 Å². The van der Waals surface area contributed by atoms with Gasteiger partial charge in [0.25, 0.3) is 5.91 Å². The van der Waals surface area contributed by atoms with Gasteiger partial charge in [0.2, 0.25) is 15.7 Å². The molecule has 1 aliphatic rings. The Kier molecular flexibility index (Phi) is 10.1. The van der Waals surface area contributed by atoms with Crippen molar-refractivity contribution < 1.29 is 32.0 Å². The number of benzene rings is 2. The van der Waals surface area contributed by atoms with Gasteiger partial charge in [-0.2, -0.15) is 4.98 Å². The fourth-order valence-corrected chi connectivity index (χ4v) is 6.80.